The lowest BCUT2D eigenvalue weighted by atomic mass is 9.98. The van der Waals surface area contributed by atoms with Crippen molar-refractivity contribution in [1.29, 1.82) is 0 Å². The number of halogens is 3. The molecular formula is C13H10F3NO. The third-order valence-corrected chi connectivity index (χ3v) is 2.59. The van der Waals surface area contributed by atoms with Crippen LogP contribution in [0.2, 0.25) is 0 Å². The van der Waals surface area contributed by atoms with Crippen molar-refractivity contribution in [3.8, 4) is 16.9 Å². The number of alkyl halides is 3. The first-order valence-electron chi connectivity index (χ1n) is 5.21. The van der Waals surface area contributed by atoms with Gasteiger partial charge in [0.05, 0.1) is 5.56 Å². The van der Waals surface area contributed by atoms with Crippen molar-refractivity contribution >= 4 is 0 Å². The van der Waals surface area contributed by atoms with E-state index >= 15 is 0 Å². The molecule has 5 heteroatoms. The maximum Gasteiger partial charge on any atom is 0.416 e. The standard InChI is InChI=1S/C13H10F3NO/c1-8-5-10(13(14,15)16)6-11(18)12(8)9-3-2-4-17-7-9/h2-7,18H,1H3. The molecule has 0 saturated carbocycles. The van der Waals surface area contributed by atoms with Gasteiger partial charge in [-0.2, -0.15) is 13.2 Å². The van der Waals surface area contributed by atoms with Crippen LogP contribution >= 0.6 is 0 Å². The summed E-state index contributed by atoms with van der Waals surface area (Å²) in [4.78, 5) is 3.88. The normalized spacial score (nSPS) is 11.6. The minimum absolute atomic E-state index is 0.357. The lowest BCUT2D eigenvalue weighted by Crippen LogP contribution is -2.05. The van der Waals surface area contributed by atoms with Crippen LogP contribution in [0.1, 0.15) is 11.1 Å². The van der Waals surface area contributed by atoms with E-state index < -0.39 is 17.5 Å². The first-order valence-corrected chi connectivity index (χ1v) is 5.21. The zero-order chi connectivity index (χ0) is 13.3. The van der Waals surface area contributed by atoms with E-state index in [1.165, 1.54) is 13.1 Å². The first kappa shape index (κ1) is 12.4. The van der Waals surface area contributed by atoms with Crippen molar-refractivity contribution in [2.45, 2.75) is 13.1 Å². The van der Waals surface area contributed by atoms with Crippen molar-refractivity contribution in [2.75, 3.05) is 0 Å². The van der Waals surface area contributed by atoms with Gasteiger partial charge < -0.3 is 5.11 Å². The van der Waals surface area contributed by atoms with E-state index in [2.05, 4.69) is 4.98 Å². The van der Waals surface area contributed by atoms with Gasteiger partial charge in [0.2, 0.25) is 0 Å². The largest absolute Gasteiger partial charge is 0.507 e. The Morgan fingerprint density at radius 2 is 1.94 bits per heavy atom. The average molecular weight is 253 g/mol. The fourth-order valence-electron chi connectivity index (χ4n) is 1.82. The van der Waals surface area contributed by atoms with Gasteiger partial charge in [0.1, 0.15) is 5.75 Å². The zero-order valence-corrected chi connectivity index (χ0v) is 9.49. The van der Waals surface area contributed by atoms with Gasteiger partial charge in [-0.15, -0.1) is 0 Å². The number of benzene rings is 1. The summed E-state index contributed by atoms with van der Waals surface area (Å²) in [5, 5.41) is 9.76. The van der Waals surface area contributed by atoms with Gasteiger partial charge >= 0.3 is 6.18 Å². The molecule has 0 aliphatic carbocycles. The number of aromatic hydroxyl groups is 1. The van der Waals surface area contributed by atoms with Gasteiger partial charge in [-0.05, 0) is 30.7 Å². The summed E-state index contributed by atoms with van der Waals surface area (Å²) in [5.41, 5.74) is 0.456. The van der Waals surface area contributed by atoms with Crippen molar-refractivity contribution in [3.63, 3.8) is 0 Å². The molecule has 1 N–H and O–H groups in total. The molecule has 0 saturated heterocycles. The highest BCUT2D eigenvalue weighted by atomic mass is 19.4. The zero-order valence-electron chi connectivity index (χ0n) is 9.49. The topological polar surface area (TPSA) is 33.1 Å². The number of hydrogen-bond acceptors (Lipinski definition) is 2. The maximum absolute atomic E-state index is 12.6. The average Bonchev–Trinajstić information content (AvgIpc) is 2.28. The number of hydrogen-bond donors (Lipinski definition) is 1. The molecular weight excluding hydrogens is 243 g/mol. The minimum atomic E-state index is -4.46. The Morgan fingerprint density at radius 3 is 2.44 bits per heavy atom. The van der Waals surface area contributed by atoms with Crippen molar-refractivity contribution < 1.29 is 18.3 Å². The number of aromatic nitrogens is 1. The monoisotopic (exact) mass is 253 g/mol. The van der Waals surface area contributed by atoms with E-state index in [0.29, 0.717) is 16.7 Å². The van der Waals surface area contributed by atoms with E-state index in [0.717, 1.165) is 12.1 Å². The van der Waals surface area contributed by atoms with Gasteiger partial charge in [-0.3, -0.25) is 4.98 Å². The van der Waals surface area contributed by atoms with Crippen LogP contribution in [0.3, 0.4) is 0 Å². The van der Waals surface area contributed by atoms with Crippen molar-refractivity contribution in [1.82, 2.24) is 4.98 Å². The molecule has 0 radical (unpaired) electrons. The molecule has 2 aromatic rings. The van der Waals surface area contributed by atoms with E-state index in [4.69, 9.17) is 0 Å². The highest BCUT2D eigenvalue weighted by Gasteiger charge is 2.31. The molecule has 1 heterocycles. The molecule has 0 aliphatic rings. The Hall–Kier alpha value is -2.04. The smallest absolute Gasteiger partial charge is 0.416 e. The number of phenolic OH excluding ortho intramolecular Hbond substituents is 1. The van der Waals surface area contributed by atoms with E-state index in [1.54, 1.807) is 18.3 Å². The lowest BCUT2D eigenvalue weighted by molar-refractivity contribution is -0.137. The minimum Gasteiger partial charge on any atom is -0.507 e. The van der Waals surface area contributed by atoms with Gasteiger partial charge in [0, 0.05) is 23.5 Å². The van der Waals surface area contributed by atoms with Crippen molar-refractivity contribution in [2.24, 2.45) is 0 Å². The first-order chi connectivity index (χ1) is 8.39. The second-order valence-electron chi connectivity index (χ2n) is 3.93. The van der Waals surface area contributed by atoms with E-state index in [9.17, 15) is 18.3 Å². The Morgan fingerprint density at radius 1 is 1.22 bits per heavy atom. The van der Waals surface area contributed by atoms with Crippen LogP contribution in [0.4, 0.5) is 13.2 Å². The molecule has 0 aliphatic heterocycles. The second-order valence-corrected chi connectivity index (χ2v) is 3.93. The Labute approximate surface area is 102 Å². The van der Waals surface area contributed by atoms with E-state index in [-0.39, 0.29) is 0 Å². The SMILES string of the molecule is Cc1cc(C(F)(F)F)cc(O)c1-c1cccnc1. The number of aryl methyl sites for hydroxylation is 1. The Kier molecular flexibility index (Phi) is 2.98. The molecule has 0 bridgehead atoms. The third kappa shape index (κ3) is 2.30. The number of phenols is 1. The van der Waals surface area contributed by atoms with Gasteiger partial charge in [0.15, 0.2) is 0 Å². The van der Waals surface area contributed by atoms with Gasteiger partial charge in [0.25, 0.3) is 0 Å². The fourth-order valence-corrected chi connectivity index (χ4v) is 1.82. The fraction of sp³-hybridized carbons (Fsp3) is 0.154. The number of rotatable bonds is 1. The van der Waals surface area contributed by atoms with Crippen molar-refractivity contribution in [3.05, 3.63) is 47.8 Å². The summed E-state index contributed by atoms with van der Waals surface area (Å²) in [5.74, 6) is -0.393. The molecule has 2 nitrogen and oxygen atoms in total. The Balaban J connectivity index is 2.59. The molecule has 18 heavy (non-hydrogen) atoms. The predicted molar refractivity (Wildman–Crippen MR) is 61.1 cm³/mol. The van der Waals surface area contributed by atoms with Crippen LogP contribution in [0.15, 0.2) is 36.7 Å². The molecule has 0 fully saturated rings. The summed E-state index contributed by atoms with van der Waals surface area (Å²) in [6.45, 7) is 1.53. The number of nitrogens with zero attached hydrogens (tertiary/aromatic N) is 1. The van der Waals surface area contributed by atoms with Crippen LogP contribution in [-0.4, -0.2) is 10.1 Å². The molecule has 1 aromatic carbocycles. The maximum atomic E-state index is 12.6. The van der Waals surface area contributed by atoms with Gasteiger partial charge in [-0.25, -0.2) is 0 Å². The highest BCUT2D eigenvalue weighted by Crippen LogP contribution is 2.38. The highest BCUT2D eigenvalue weighted by molar-refractivity contribution is 5.73. The lowest BCUT2D eigenvalue weighted by Gasteiger charge is -2.13. The molecule has 0 atom stereocenters. The molecule has 0 spiro atoms. The molecule has 0 unspecified atom stereocenters. The molecule has 2 rings (SSSR count). The summed E-state index contributed by atoms with van der Waals surface area (Å²) >= 11 is 0. The van der Waals surface area contributed by atoms with Crippen LogP contribution in [0.25, 0.3) is 11.1 Å². The van der Waals surface area contributed by atoms with Crippen LogP contribution in [0, 0.1) is 6.92 Å². The van der Waals surface area contributed by atoms with Gasteiger partial charge in [-0.1, -0.05) is 6.07 Å². The van der Waals surface area contributed by atoms with Crippen LogP contribution < -0.4 is 0 Å². The summed E-state index contributed by atoms with van der Waals surface area (Å²) < 4.78 is 37.7. The van der Waals surface area contributed by atoms with Crippen LogP contribution in [-0.2, 0) is 6.18 Å². The summed E-state index contributed by atoms with van der Waals surface area (Å²) in [6.07, 6.45) is -1.41. The molecule has 1 aromatic heterocycles. The predicted octanol–water partition coefficient (Wildman–Crippen LogP) is 3.78. The van der Waals surface area contributed by atoms with Crippen LogP contribution in [0.5, 0.6) is 5.75 Å². The number of pyridine rings is 1. The Bertz CT molecular complexity index is 541. The third-order valence-electron chi connectivity index (χ3n) is 2.59. The summed E-state index contributed by atoms with van der Waals surface area (Å²) in [7, 11) is 0. The molecule has 94 valence electrons. The van der Waals surface area contributed by atoms with E-state index in [1.807, 2.05) is 0 Å². The second kappa shape index (κ2) is 4.33. The summed E-state index contributed by atoms with van der Waals surface area (Å²) in [6, 6.07) is 5.09. The quantitative estimate of drug-likeness (QED) is 0.838. The molecule has 0 amide bonds.